The van der Waals surface area contributed by atoms with E-state index in [0.29, 0.717) is 11.3 Å². The third-order valence-electron chi connectivity index (χ3n) is 1.73. The van der Waals surface area contributed by atoms with Gasteiger partial charge in [-0.2, -0.15) is 0 Å². The van der Waals surface area contributed by atoms with E-state index < -0.39 is 5.97 Å². The van der Waals surface area contributed by atoms with E-state index in [-0.39, 0.29) is 12.0 Å². The summed E-state index contributed by atoms with van der Waals surface area (Å²) >= 11 is 0. The number of carbonyl (C=O) groups excluding carboxylic acids is 1. The molecule has 0 spiro atoms. The van der Waals surface area contributed by atoms with Gasteiger partial charge in [0.1, 0.15) is 0 Å². The summed E-state index contributed by atoms with van der Waals surface area (Å²) in [6.07, 6.45) is 1.31. The fraction of sp³-hybridized carbons (Fsp3) is 0.375. The zero-order valence-electron chi connectivity index (χ0n) is 7.46. The first-order valence-electron chi connectivity index (χ1n) is 3.75. The monoisotopic (exact) mass is 182 g/mol. The van der Waals surface area contributed by atoms with Crippen LogP contribution < -0.4 is 5.56 Å². The second kappa shape index (κ2) is 3.84. The van der Waals surface area contributed by atoms with Crippen molar-refractivity contribution >= 4 is 5.97 Å². The quantitative estimate of drug-likeness (QED) is 0.642. The Bertz CT molecular complexity index is 370. The third-order valence-corrected chi connectivity index (χ3v) is 1.73. The van der Waals surface area contributed by atoms with Gasteiger partial charge in [-0.1, -0.05) is 0 Å². The number of aromatic nitrogens is 2. The number of esters is 1. The molecule has 0 aliphatic rings. The van der Waals surface area contributed by atoms with Gasteiger partial charge in [0.15, 0.2) is 0 Å². The molecule has 13 heavy (non-hydrogen) atoms. The number of nitrogens with zero attached hydrogens (tertiary/aromatic N) is 1. The number of carbonyl (C=O) groups is 1. The van der Waals surface area contributed by atoms with Crippen molar-refractivity contribution in [2.75, 3.05) is 7.11 Å². The molecule has 0 atom stereocenters. The highest BCUT2D eigenvalue weighted by Gasteiger charge is 2.08. The number of hydrogen-bond donors (Lipinski definition) is 1. The first-order chi connectivity index (χ1) is 6.15. The highest BCUT2D eigenvalue weighted by molar-refractivity contribution is 5.72. The molecule has 70 valence electrons. The van der Waals surface area contributed by atoms with Crippen LogP contribution >= 0.6 is 0 Å². The molecule has 1 heterocycles. The SMILES string of the molecule is COC(=O)Cc1nc[nH]c(=O)c1C. The normalized spacial score (nSPS) is 9.69. The predicted molar refractivity (Wildman–Crippen MR) is 45.3 cm³/mol. The Labute approximate surface area is 74.8 Å². The van der Waals surface area contributed by atoms with Gasteiger partial charge in [-0.25, -0.2) is 4.98 Å². The van der Waals surface area contributed by atoms with Gasteiger partial charge in [-0.3, -0.25) is 9.59 Å². The van der Waals surface area contributed by atoms with Gasteiger partial charge in [0.25, 0.3) is 5.56 Å². The van der Waals surface area contributed by atoms with Crippen LogP contribution in [0.1, 0.15) is 11.3 Å². The molecule has 0 aliphatic carbocycles. The van der Waals surface area contributed by atoms with E-state index in [9.17, 15) is 9.59 Å². The zero-order valence-corrected chi connectivity index (χ0v) is 7.46. The van der Waals surface area contributed by atoms with E-state index in [1.165, 1.54) is 13.4 Å². The molecule has 1 aromatic heterocycles. The number of H-pyrrole nitrogens is 1. The lowest BCUT2D eigenvalue weighted by molar-refractivity contribution is -0.139. The minimum absolute atomic E-state index is 0.0340. The van der Waals surface area contributed by atoms with Crippen molar-refractivity contribution in [1.82, 2.24) is 9.97 Å². The van der Waals surface area contributed by atoms with Crippen LogP contribution in [0.15, 0.2) is 11.1 Å². The molecule has 0 saturated carbocycles. The van der Waals surface area contributed by atoms with Gasteiger partial charge in [0.05, 0.1) is 25.6 Å². The van der Waals surface area contributed by atoms with Gasteiger partial charge < -0.3 is 9.72 Å². The molecule has 0 fully saturated rings. The summed E-state index contributed by atoms with van der Waals surface area (Å²) in [5.41, 5.74) is 0.678. The van der Waals surface area contributed by atoms with Crippen LogP contribution in [0.3, 0.4) is 0 Å². The van der Waals surface area contributed by atoms with Crippen molar-refractivity contribution in [2.45, 2.75) is 13.3 Å². The van der Waals surface area contributed by atoms with Crippen LogP contribution in [0.4, 0.5) is 0 Å². The molecule has 0 saturated heterocycles. The number of hydrogen-bond acceptors (Lipinski definition) is 4. The van der Waals surface area contributed by atoms with Crippen LogP contribution in [0.25, 0.3) is 0 Å². The molecule has 0 amide bonds. The summed E-state index contributed by atoms with van der Waals surface area (Å²) in [6.45, 7) is 1.62. The second-order valence-electron chi connectivity index (χ2n) is 2.56. The van der Waals surface area contributed by atoms with Gasteiger partial charge >= 0.3 is 5.97 Å². The van der Waals surface area contributed by atoms with Crippen molar-refractivity contribution < 1.29 is 9.53 Å². The molecule has 0 aromatic carbocycles. The maximum absolute atomic E-state index is 11.1. The predicted octanol–water partition coefficient (Wildman–Crippen LogP) is -0.206. The number of nitrogens with one attached hydrogen (secondary N) is 1. The van der Waals surface area contributed by atoms with E-state index in [1.54, 1.807) is 6.92 Å². The number of methoxy groups -OCH3 is 1. The maximum atomic E-state index is 11.1. The van der Waals surface area contributed by atoms with Gasteiger partial charge in [0.2, 0.25) is 0 Å². The van der Waals surface area contributed by atoms with Crippen molar-refractivity contribution in [3.63, 3.8) is 0 Å². The highest BCUT2D eigenvalue weighted by Crippen LogP contribution is 1.98. The molecule has 0 unspecified atom stereocenters. The Morgan fingerprint density at radius 3 is 3.00 bits per heavy atom. The van der Waals surface area contributed by atoms with Crippen molar-refractivity contribution in [2.24, 2.45) is 0 Å². The van der Waals surface area contributed by atoms with Crippen LogP contribution in [0.5, 0.6) is 0 Å². The van der Waals surface area contributed by atoms with Crippen LogP contribution in [0, 0.1) is 6.92 Å². The molecular formula is C8H10N2O3. The lowest BCUT2D eigenvalue weighted by Crippen LogP contribution is -2.16. The van der Waals surface area contributed by atoms with E-state index >= 15 is 0 Å². The lowest BCUT2D eigenvalue weighted by Gasteiger charge is -2.00. The van der Waals surface area contributed by atoms with E-state index in [4.69, 9.17) is 0 Å². The standard InChI is InChI=1S/C8H10N2O3/c1-5-6(3-7(11)13-2)9-4-10-8(5)12/h4H,3H2,1-2H3,(H,9,10,12). The van der Waals surface area contributed by atoms with E-state index in [2.05, 4.69) is 14.7 Å². The number of aromatic amines is 1. The Morgan fingerprint density at radius 2 is 2.38 bits per heavy atom. The molecule has 0 aliphatic heterocycles. The minimum Gasteiger partial charge on any atom is -0.469 e. The molecule has 0 radical (unpaired) electrons. The van der Waals surface area contributed by atoms with Crippen molar-refractivity contribution in [3.05, 3.63) is 27.9 Å². The molecule has 5 heteroatoms. The smallest absolute Gasteiger partial charge is 0.311 e. The zero-order chi connectivity index (χ0) is 9.84. The number of rotatable bonds is 2. The highest BCUT2D eigenvalue weighted by atomic mass is 16.5. The largest absolute Gasteiger partial charge is 0.469 e. The summed E-state index contributed by atoms with van der Waals surface area (Å²) in [4.78, 5) is 28.2. The van der Waals surface area contributed by atoms with Crippen molar-refractivity contribution in [1.29, 1.82) is 0 Å². The summed E-state index contributed by atoms with van der Waals surface area (Å²) in [6, 6.07) is 0. The Hall–Kier alpha value is -1.65. The summed E-state index contributed by atoms with van der Waals surface area (Å²) < 4.78 is 4.46. The van der Waals surface area contributed by atoms with Crippen LogP contribution in [-0.2, 0) is 16.0 Å². The van der Waals surface area contributed by atoms with E-state index in [0.717, 1.165) is 0 Å². The van der Waals surface area contributed by atoms with Crippen LogP contribution in [0.2, 0.25) is 0 Å². The Kier molecular flexibility index (Phi) is 2.79. The summed E-state index contributed by atoms with van der Waals surface area (Å²) in [5.74, 6) is -0.402. The van der Waals surface area contributed by atoms with Gasteiger partial charge in [-0.15, -0.1) is 0 Å². The van der Waals surface area contributed by atoms with Gasteiger partial charge in [-0.05, 0) is 6.92 Å². The topological polar surface area (TPSA) is 72.0 Å². The van der Waals surface area contributed by atoms with Crippen molar-refractivity contribution in [3.8, 4) is 0 Å². The number of ether oxygens (including phenoxy) is 1. The molecule has 0 bridgehead atoms. The third kappa shape index (κ3) is 2.14. The van der Waals surface area contributed by atoms with Gasteiger partial charge in [0, 0.05) is 5.56 Å². The summed E-state index contributed by atoms with van der Waals surface area (Å²) in [5, 5.41) is 0. The molecular weight excluding hydrogens is 172 g/mol. The fourth-order valence-electron chi connectivity index (χ4n) is 0.892. The first-order valence-corrected chi connectivity index (χ1v) is 3.75. The minimum atomic E-state index is -0.402. The maximum Gasteiger partial charge on any atom is 0.311 e. The second-order valence-corrected chi connectivity index (χ2v) is 2.56. The molecule has 1 aromatic rings. The fourth-order valence-corrected chi connectivity index (χ4v) is 0.892. The van der Waals surface area contributed by atoms with Crippen LogP contribution in [-0.4, -0.2) is 23.0 Å². The Balaban J connectivity index is 2.96. The first kappa shape index (κ1) is 9.44. The Morgan fingerprint density at radius 1 is 1.69 bits per heavy atom. The molecule has 5 nitrogen and oxygen atoms in total. The lowest BCUT2D eigenvalue weighted by atomic mass is 10.2. The molecule has 1 rings (SSSR count). The van der Waals surface area contributed by atoms with E-state index in [1.807, 2.05) is 0 Å². The molecule has 1 N–H and O–H groups in total. The average molecular weight is 182 g/mol. The summed E-state index contributed by atoms with van der Waals surface area (Å²) in [7, 11) is 1.30. The average Bonchev–Trinajstić information content (AvgIpc) is 2.13.